The fourth-order valence-electron chi connectivity index (χ4n) is 4.16. The van der Waals surface area contributed by atoms with Gasteiger partial charge in [-0.25, -0.2) is 4.98 Å². The minimum Gasteiger partial charge on any atom is -0.490 e. The van der Waals surface area contributed by atoms with E-state index in [-0.39, 0.29) is 6.10 Å². The van der Waals surface area contributed by atoms with Crippen molar-refractivity contribution >= 4 is 28.6 Å². The highest BCUT2D eigenvalue weighted by Crippen LogP contribution is 2.25. The van der Waals surface area contributed by atoms with Crippen molar-refractivity contribution in [1.82, 2.24) is 14.5 Å². The van der Waals surface area contributed by atoms with Gasteiger partial charge in [-0.2, -0.15) is 0 Å². The molecule has 0 bridgehead atoms. The zero-order chi connectivity index (χ0) is 21.8. The van der Waals surface area contributed by atoms with Gasteiger partial charge in [-0.15, -0.1) is 0 Å². The number of piperidine rings is 1. The molecule has 3 aromatic rings. The standard InChI is InChI=1S/C25H31N5O/c1-3-25-28-23-17-22(31-21-11-14-29(15-12-21)18(2)26)9-10-24(23)30(25)13-5-7-19-6-4-8-20(27)16-19/h4-10,16-17,21,26H,3,11-15,27H2,1-2H3/b7-5+,26-18?. The van der Waals surface area contributed by atoms with Crippen LogP contribution in [-0.4, -0.2) is 39.5 Å². The molecule has 0 atom stereocenters. The first-order chi connectivity index (χ1) is 15.0. The normalized spacial score (nSPS) is 15.1. The number of ether oxygens (including phenoxy) is 1. The van der Waals surface area contributed by atoms with Gasteiger partial charge in [0.05, 0.1) is 16.9 Å². The third kappa shape index (κ3) is 4.90. The smallest absolute Gasteiger partial charge is 0.122 e. The number of imidazole rings is 1. The lowest BCUT2D eigenvalue weighted by molar-refractivity contribution is 0.130. The number of hydrogen-bond donors (Lipinski definition) is 2. The molecular weight excluding hydrogens is 386 g/mol. The van der Waals surface area contributed by atoms with Crippen LogP contribution in [0.2, 0.25) is 0 Å². The van der Waals surface area contributed by atoms with Crippen LogP contribution in [-0.2, 0) is 13.0 Å². The molecule has 1 saturated heterocycles. The summed E-state index contributed by atoms with van der Waals surface area (Å²) in [4.78, 5) is 6.96. The van der Waals surface area contributed by atoms with Gasteiger partial charge in [0.2, 0.25) is 0 Å². The molecule has 1 fully saturated rings. The lowest BCUT2D eigenvalue weighted by Gasteiger charge is -2.32. The number of amidine groups is 1. The number of nitrogens with zero attached hydrogens (tertiary/aromatic N) is 3. The van der Waals surface area contributed by atoms with E-state index >= 15 is 0 Å². The number of hydrogen-bond acceptors (Lipinski definition) is 4. The predicted octanol–water partition coefficient (Wildman–Crippen LogP) is 4.73. The van der Waals surface area contributed by atoms with Gasteiger partial charge < -0.3 is 19.9 Å². The molecule has 0 saturated carbocycles. The number of benzene rings is 2. The zero-order valence-electron chi connectivity index (χ0n) is 18.3. The Hall–Kier alpha value is -3.28. The van der Waals surface area contributed by atoms with E-state index in [1.165, 1.54) is 0 Å². The summed E-state index contributed by atoms with van der Waals surface area (Å²) in [6.45, 7) is 6.51. The quantitative estimate of drug-likeness (QED) is 0.345. The SMILES string of the molecule is CCc1nc2cc(OC3CCN(C(C)=N)CC3)ccc2n1C/C=C/c1cccc(N)c1. The Kier molecular flexibility index (Phi) is 6.26. The minimum atomic E-state index is 0.196. The van der Waals surface area contributed by atoms with Crippen molar-refractivity contribution in [2.45, 2.75) is 45.8 Å². The molecule has 31 heavy (non-hydrogen) atoms. The summed E-state index contributed by atoms with van der Waals surface area (Å²) >= 11 is 0. The highest BCUT2D eigenvalue weighted by atomic mass is 16.5. The van der Waals surface area contributed by atoms with E-state index in [1.54, 1.807) is 0 Å². The van der Waals surface area contributed by atoms with E-state index in [0.717, 1.165) is 72.8 Å². The van der Waals surface area contributed by atoms with Crippen molar-refractivity contribution in [2.24, 2.45) is 0 Å². The number of nitrogen functional groups attached to an aromatic ring is 1. The van der Waals surface area contributed by atoms with Crippen molar-refractivity contribution in [3.63, 3.8) is 0 Å². The van der Waals surface area contributed by atoms with Gasteiger partial charge in [0.15, 0.2) is 0 Å². The zero-order valence-corrected chi connectivity index (χ0v) is 18.3. The number of nitrogens with one attached hydrogen (secondary N) is 1. The topological polar surface area (TPSA) is 80.2 Å². The fraction of sp³-hybridized carbons (Fsp3) is 0.360. The largest absolute Gasteiger partial charge is 0.490 e. The molecule has 2 aromatic carbocycles. The van der Waals surface area contributed by atoms with E-state index in [9.17, 15) is 0 Å². The van der Waals surface area contributed by atoms with Crippen LogP contribution < -0.4 is 10.5 Å². The second-order valence-corrected chi connectivity index (χ2v) is 8.10. The van der Waals surface area contributed by atoms with E-state index in [4.69, 9.17) is 20.9 Å². The minimum absolute atomic E-state index is 0.196. The molecule has 0 spiro atoms. The van der Waals surface area contributed by atoms with Gasteiger partial charge in [-0.1, -0.05) is 31.2 Å². The lowest BCUT2D eigenvalue weighted by atomic mass is 10.1. The average molecular weight is 418 g/mol. The fourth-order valence-corrected chi connectivity index (χ4v) is 4.16. The third-order valence-corrected chi connectivity index (χ3v) is 5.84. The molecule has 0 amide bonds. The van der Waals surface area contributed by atoms with Crippen LogP contribution in [0.5, 0.6) is 5.75 Å². The summed E-state index contributed by atoms with van der Waals surface area (Å²) in [5.41, 5.74) is 9.84. The van der Waals surface area contributed by atoms with Crippen LogP contribution >= 0.6 is 0 Å². The lowest BCUT2D eigenvalue weighted by Crippen LogP contribution is -2.40. The Morgan fingerprint density at radius 2 is 2.03 bits per heavy atom. The second kappa shape index (κ2) is 9.25. The molecule has 4 rings (SSSR count). The van der Waals surface area contributed by atoms with E-state index < -0.39 is 0 Å². The number of allylic oxidation sites excluding steroid dienone is 1. The highest BCUT2D eigenvalue weighted by molar-refractivity contribution is 5.78. The monoisotopic (exact) mass is 417 g/mol. The summed E-state index contributed by atoms with van der Waals surface area (Å²) in [5.74, 6) is 2.58. The molecular formula is C25H31N5O. The average Bonchev–Trinajstić information content (AvgIpc) is 3.11. The van der Waals surface area contributed by atoms with Gasteiger partial charge in [-0.3, -0.25) is 5.41 Å². The van der Waals surface area contributed by atoms with Crippen molar-refractivity contribution in [3.05, 3.63) is 59.9 Å². The maximum atomic E-state index is 7.78. The number of anilines is 1. The Labute approximate surface area is 183 Å². The summed E-state index contributed by atoms with van der Waals surface area (Å²) in [6.07, 6.45) is 7.20. The van der Waals surface area contributed by atoms with Gasteiger partial charge in [-0.05, 0) is 36.8 Å². The third-order valence-electron chi connectivity index (χ3n) is 5.84. The van der Waals surface area contributed by atoms with Gasteiger partial charge >= 0.3 is 0 Å². The van der Waals surface area contributed by atoms with Crippen LogP contribution in [0.25, 0.3) is 17.1 Å². The first-order valence-electron chi connectivity index (χ1n) is 11.0. The maximum Gasteiger partial charge on any atom is 0.122 e. The maximum absolute atomic E-state index is 7.78. The van der Waals surface area contributed by atoms with Crippen molar-refractivity contribution in [1.29, 1.82) is 5.41 Å². The summed E-state index contributed by atoms with van der Waals surface area (Å²) < 4.78 is 8.51. The first kappa shape index (κ1) is 21.0. The van der Waals surface area contributed by atoms with Crippen LogP contribution in [0.1, 0.15) is 38.1 Å². The molecule has 0 aliphatic carbocycles. The molecule has 0 unspecified atom stereocenters. The molecule has 162 valence electrons. The van der Waals surface area contributed by atoms with E-state index in [0.29, 0.717) is 5.84 Å². The number of fused-ring (bicyclic) bond motifs is 1. The van der Waals surface area contributed by atoms with Gasteiger partial charge in [0, 0.05) is 50.7 Å². The van der Waals surface area contributed by atoms with Crippen molar-refractivity contribution < 1.29 is 4.74 Å². The van der Waals surface area contributed by atoms with Crippen LogP contribution in [0, 0.1) is 5.41 Å². The summed E-state index contributed by atoms with van der Waals surface area (Å²) in [5, 5.41) is 7.78. The number of aromatic nitrogens is 2. The molecule has 1 aromatic heterocycles. The molecule has 6 heteroatoms. The van der Waals surface area contributed by atoms with Crippen LogP contribution in [0.15, 0.2) is 48.5 Å². The summed E-state index contributed by atoms with van der Waals surface area (Å²) in [6, 6.07) is 14.1. The summed E-state index contributed by atoms with van der Waals surface area (Å²) in [7, 11) is 0. The Morgan fingerprint density at radius 3 is 2.74 bits per heavy atom. The molecule has 6 nitrogen and oxygen atoms in total. The van der Waals surface area contributed by atoms with Gasteiger partial charge in [0.25, 0.3) is 0 Å². The predicted molar refractivity (Wildman–Crippen MR) is 128 cm³/mol. The first-order valence-corrected chi connectivity index (χ1v) is 11.0. The number of aryl methyl sites for hydroxylation is 1. The Bertz CT molecular complexity index is 1090. The van der Waals surface area contributed by atoms with Crippen molar-refractivity contribution in [2.75, 3.05) is 18.8 Å². The Balaban J connectivity index is 1.47. The molecule has 3 N–H and O–H groups in total. The van der Waals surface area contributed by atoms with Crippen LogP contribution in [0.4, 0.5) is 5.69 Å². The number of nitrogens with two attached hydrogens (primary N) is 1. The molecule has 1 aliphatic heterocycles. The molecule has 1 aliphatic rings. The Morgan fingerprint density at radius 1 is 1.23 bits per heavy atom. The van der Waals surface area contributed by atoms with E-state index in [1.807, 2.05) is 25.1 Å². The highest BCUT2D eigenvalue weighted by Gasteiger charge is 2.21. The second-order valence-electron chi connectivity index (χ2n) is 8.10. The van der Waals surface area contributed by atoms with Gasteiger partial charge in [0.1, 0.15) is 17.7 Å². The van der Waals surface area contributed by atoms with Crippen molar-refractivity contribution in [3.8, 4) is 5.75 Å². The van der Waals surface area contributed by atoms with Crippen LogP contribution in [0.3, 0.4) is 0 Å². The van der Waals surface area contributed by atoms with E-state index in [2.05, 4.69) is 52.8 Å². The molecule has 0 radical (unpaired) electrons. The number of likely N-dealkylation sites (tertiary alicyclic amines) is 1. The number of rotatable bonds is 6. The molecule has 2 heterocycles.